The highest BCUT2D eigenvalue weighted by molar-refractivity contribution is 7.90. The number of carbonyl (C=O) groups excluding carboxylic acids is 1. The highest BCUT2D eigenvalue weighted by atomic mass is 35.5. The van der Waals surface area contributed by atoms with E-state index < -0.39 is 21.6 Å². The minimum absolute atomic E-state index is 0.0420. The molecule has 0 aliphatic rings. The number of carbonyl (C=O) groups is 1. The lowest BCUT2D eigenvalue weighted by Crippen LogP contribution is -2.13. The van der Waals surface area contributed by atoms with Crippen LogP contribution in [0.25, 0.3) is 0 Å². The van der Waals surface area contributed by atoms with Gasteiger partial charge in [0.1, 0.15) is 5.82 Å². The number of hydrogen-bond donors (Lipinski definition) is 1. The van der Waals surface area contributed by atoms with E-state index in [2.05, 4.69) is 5.32 Å². The molecule has 2 aromatic rings. The molecule has 1 N–H and O–H groups in total. The van der Waals surface area contributed by atoms with Gasteiger partial charge in [-0.3, -0.25) is 4.79 Å². The van der Waals surface area contributed by atoms with Crippen LogP contribution in [0.1, 0.15) is 10.4 Å². The Morgan fingerprint density at radius 1 is 1.19 bits per heavy atom. The third-order valence-corrected chi connectivity index (χ3v) is 4.13. The van der Waals surface area contributed by atoms with Gasteiger partial charge >= 0.3 is 0 Å². The monoisotopic (exact) mass is 327 g/mol. The average Bonchev–Trinajstić information content (AvgIpc) is 2.41. The van der Waals surface area contributed by atoms with Crippen molar-refractivity contribution >= 4 is 33.0 Å². The molecule has 2 aromatic carbocycles. The molecule has 0 bridgehead atoms. The number of sulfone groups is 1. The van der Waals surface area contributed by atoms with Crippen molar-refractivity contribution in [2.24, 2.45) is 0 Å². The van der Waals surface area contributed by atoms with Gasteiger partial charge < -0.3 is 5.32 Å². The third-order valence-electron chi connectivity index (χ3n) is 2.70. The molecule has 0 heterocycles. The number of nitrogens with one attached hydrogen (secondary N) is 1. The Bertz CT molecular complexity index is 806. The van der Waals surface area contributed by atoms with Gasteiger partial charge in [0.2, 0.25) is 0 Å². The SMILES string of the molecule is CS(=O)(=O)c1cccc(C(=O)Nc2ccc(F)cc2Cl)c1. The highest BCUT2D eigenvalue weighted by Crippen LogP contribution is 2.23. The second-order valence-corrected chi connectivity index (χ2v) is 6.80. The van der Waals surface area contributed by atoms with Gasteiger partial charge in [0.15, 0.2) is 9.84 Å². The average molecular weight is 328 g/mol. The predicted octanol–water partition coefficient (Wildman–Crippen LogP) is 3.13. The Kier molecular flexibility index (Phi) is 4.29. The van der Waals surface area contributed by atoms with E-state index in [-0.39, 0.29) is 21.2 Å². The van der Waals surface area contributed by atoms with Crippen LogP contribution in [0.5, 0.6) is 0 Å². The normalized spacial score (nSPS) is 11.2. The Hall–Kier alpha value is -1.92. The van der Waals surface area contributed by atoms with E-state index in [1.807, 2.05) is 0 Å². The van der Waals surface area contributed by atoms with Crippen LogP contribution in [-0.4, -0.2) is 20.6 Å². The minimum atomic E-state index is -3.40. The van der Waals surface area contributed by atoms with Gasteiger partial charge in [-0.1, -0.05) is 17.7 Å². The summed E-state index contributed by atoms with van der Waals surface area (Å²) in [6.07, 6.45) is 1.06. The summed E-state index contributed by atoms with van der Waals surface area (Å²) >= 11 is 5.81. The first-order valence-electron chi connectivity index (χ1n) is 5.84. The Morgan fingerprint density at radius 3 is 2.52 bits per heavy atom. The fourth-order valence-corrected chi connectivity index (χ4v) is 2.53. The number of rotatable bonds is 3. The van der Waals surface area contributed by atoms with E-state index in [0.717, 1.165) is 18.4 Å². The van der Waals surface area contributed by atoms with Crippen molar-refractivity contribution in [3.8, 4) is 0 Å². The quantitative estimate of drug-likeness (QED) is 0.942. The summed E-state index contributed by atoms with van der Waals surface area (Å²) in [6.45, 7) is 0. The number of halogens is 2. The number of anilines is 1. The van der Waals surface area contributed by atoms with Crippen molar-refractivity contribution in [3.05, 3.63) is 58.9 Å². The molecular formula is C14H11ClFNO3S. The summed E-state index contributed by atoms with van der Waals surface area (Å²) in [7, 11) is -3.40. The van der Waals surface area contributed by atoms with Gasteiger partial charge in [-0.2, -0.15) is 0 Å². The van der Waals surface area contributed by atoms with Crippen LogP contribution in [0, 0.1) is 5.82 Å². The van der Waals surface area contributed by atoms with E-state index in [0.29, 0.717) is 0 Å². The van der Waals surface area contributed by atoms with Gasteiger partial charge in [0, 0.05) is 11.8 Å². The Labute approximate surface area is 126 Å². The summed E-state index contributed by atoms with van der Waals surface area (Å²) in [5.41, 5.74) is 0.408. The first-order chi connectivity index (χ1) is 9.77. The van der Waals surface area contributed by atoms with Gasteiger partial charge in [0.05, 0.1) is 15.6 Å². The lowest BCUT2D eigenvalue weighted by molar-refractivity contribution is 0.102. The molecule has 7 heteroatoms. The topological polar surface area (TPSA) is 63.2 Å². The number of amides is 1. The van der Waals surface area contributed by atoms with Crippen LogP contribution in [0.4, 0.5) is 10.1 Å². The molecule has 1 amide bonds. The lowest BCUT2D eigenvalue weighted by atomic mass is 10.2. The van der Waals surface area contributed by atoms with Crippen molar-refractivity contribution < 1.29 is 17.6 Å². The molecule has 0 radical (unpaired) electrons. The largest absolute Gasteiger partial charge is 0.321 e. The zero-order valence-corrected chi connectivity index (χ0v) is 12.5. The Balaban J connectivity index is 2.29. The number of hydrogen-bond acceptors (Lipinski definition) is 3. The number of benzene rings is 2. The zero-order valence-electron chi connectivity index (χ0n) is 10.9. The maximum absolute atomic E-state index is 12.9. The van der Waals surface area contributed by atoms with Crippen molar-refractivity contribution in [2.45, 2.75) is 4.90 Å². The predicted molar refractivity (Wildman–Crippen MR) is 78.9 cm³/mol. The standard InChI is InChI=1S/C14H11ClFNO3S/c1-21(19,20)11-4-2-3-9(7-11)14(18)17-13-6-5-10(16)8-12(13)15/h2-8H,1H3,(H,17,18). The molecule has 0 aromatic heterocycles. The van der Waals surface area contributed by atoms with Crippen molar-refractivity contribution in [1.29, 1.82) is 0 Å². The fraction of sp³-hybridized carbons (Fsp3) is 0.0714. The van der Waals surface area contributed by atoms with E-state index in [4.69, 9.17) is 11.6 Å². The second-order valence-electron chi connectivity index (χ2n) is 4.38. The minimum Gasteiger partial charge on any atom is -0.321 e. The van der Waals surface area contributed by atoms with Crippen LogP contribution >= 0.6 is 11.6 Å². The van der Waals surface area contributed by atoms with Crippen LogP contribution < -0.4 is 5.32 Å². The molecule has 0 atom stereocenters. The third kappa shape index (κ3) is 3.80. The summed E-state index contributed by atoms with van der Waals surface area (Å²) in [5, 5.41) is 2.56. The summed E-state index contributed by atoms with van der Waals surface area (Å²) in [5.74, 6) is -1.05. The zero-order chi connectivity index (χ0) is 15.6. The Morgan fingerprint density at radius 2 is 1.90 bits per heavy atom. The van der Waals surface area contributed by atoms with Crippen LogP contribution in [-0.2, 0) is 9.84 Å². The maximum atomic E-state index is 12.9. The maximum Gasteiger partial charge on any atom is 0.255 e. The summed E-state index contributed by atoms with van der Waals surface area (Å²) in [4.78, 5) is 12.1. The van der Waals surface area contributed by atoms with E-state index in [1.165, 1.54) is 30.3 Å². The molecule has 0 saturated heterocycles. The van der Waals surface area contributed by atoms with Crippen LogP contribution in [0.2, 0.25) is 5.02 Å². The van der Waals surface area contributed by atoms with Crippen molar-refractivity contribution in [2.75, 3.05) is 11.6 Å². The molecule has 0 fully saturated rings. The molecule has 2 rings (SSSR count). The van der Waals surface area contributed by atoms with Gasteiger partial charge in [-0.15, -0.1) is 0 Å². The fourth-order valence-electron chi connectivity index (χ4n) is 1.65. The molecule has 110 valence electrons. The molecule has 0 aliphatic carbocycles. The van der Waals surface area contributed by atoms with Crippen molar-refractivity contribution in [3.63, 3.8) is 0 Å². The van der Waals surface area contributed by atoms with Crippen molar-refractivity contribution in [1.82, 2.24) is 0 Å². The first kappa shape index (κ1) is 15.5. The molecule has 0 spiro atoms. The smallest absolute Gasteiger partial charge is 0.255 e. The van der Waals surface area contributed by atoms with E-state index in [9.17, 15) is 17.6 Å². The summed E-state index contributed by atoms with van der Waals surface area (Å²) in [6, 6.07) is 9.17. The highest BCUT2D eigenvalue weighted by Gasteiger charge is 2.13. The van der Waals surface area contributed by atoms with E-state index in [1.54, 1.807) is 0 Å². The molecule has 4 nitrogen and oxygen atoms in total. The lowest BCUT2D eigenvalue weighted by Gasteiger charge is -2.08. The molecule has 0 saturated carbocycles. The first-order valence-corrected chi connectivity index (χ1v) is 8.11. The van der Waals surface area contributed by atoms with Gasteiger partial charge in [-0.25, -0.2) is 12.8 Å². The van der Waals surface area contributed by atoms with E-state index >= 15 is 0 Å². The molecular weight excluding hydrogens is 317 g/mol. The van der Waals surface area contributed by atoms with Gasteiger partial charge in [-0.05, 0) is 36.4 Å². The molecule has 0 aliphatic heterocycles. The molecule has 0 unspecified atom stereocenters. The van der Waals surface area contributed by atoms with Crippen LogP contribution in [0.15, 0.2) is 47.4 Å². The molecule has 21 heavy (non-hydrogen) atoms. The van der Waals surface area contributed by atoms with Gasteiger partial charge in [0.25, 0.3) is 5.91 Å². The summed E-state index contributed by atoms with van der Waals surface area (Å²) < 4.78 is 35.9. The van der Waals surface area contributed by atoms with Crippen LogP contribution in [0.3, 0.4) is 0 Å². The second kappa shape index (κ2) is 5.83.